The number of ketones is 1. The molecule has 0 saturated heterocycles. The van der Waals surface area contributed by atoms with Crippen LogP contribution in [0, 0.1) is 17.1 Å². The number of thiol groups is 1. The Morgan fingerprint density at radius 3 is 2.86 bits per heavy atom. The molecule has 0 aliphatic rings. The van der Waals surface area contributed by atoms with Gasteiger partial charge in [-0.15, -0.1) is 0 Å². The fourth-order valence-corrected chi connectivity index (χ4v) is 1.16. The SMILES string of the molecule is N#Cc1cc(CC(=O)CS)ccc1F. The molecule has 0 bridgehead atoms. The maximum atomic E-state index is 12.9. The monoisotopic (exact) mass is 209 g/mol. The Morgan fingerprint density at radius 2 is 2.29 bits per heavy atom. The summed E-state index contributed by atoms with van der Waals surface area (Å²) in [4.78, 5) is 11.0. The van der Waals surface area contributed by atoms with E-state index in [1.165, 1.54) is 18.2 Å². The molecule has 0 saturated carbocycles. The van der Waals surface area contributed by atoms with E-state index in [1.807, 2.05) is 0 Å². The molecule has 0 aliphatic heterocycles. The van der Waals surface area contributed by atoms with Gasteiger partial charge < -0.3 is 0 Å². The van der Waals surface area contributed by atoms with Gasteiger partial charge in [0, 0.05) is 12.2 Å². The van der Waals surface area contributed by atoms with Gasteiger partial charge in [-0.25, -0.2) is 4.39 Å². The highest BCUT2D eigenvalue weighted by atomic mass is 32.1. The van der Waals surface area contributed by atoms with Crippen LogP contribution in [0.4, 0.5) is 4.39 Å². The highest BCUT2D eigenvalue weighted by molar-refractivity contribution is 7.81. The molecule has 0 radical (unpaired) electrons. The van der Waals surface area contributed by atoms with Crippen molar-refractivity contribution in [1.82, 2.24) is 0 Å². The van der Waals surface area contributed by atoms with E-state index in [1.54, 1.807) is 6.07 Å². The summed E-state index contributed by atoms with van der Waals surface area (Å²) < 4.78 is 12.9. The lowest BCUT2D eigenvalue weighted by Crippen LogP contribution is -2.04. The maximum Gasteiger partial charge on any atom is 0.146 e. The van der Waals surface area contributed by atoms with Crippen molar-refractivity contribution < 1.29 is 9.18 Å². The van der Waals surface area contributed by atoms with Crippen LogP contribution in [0.1, 0.15) is 11.1 Å². The first-order valence-corrected chi connectivity index (χ1v) is 4.61. The van der Waals surface area contributed by atoms with Crippen molar-refractivity contribution in [3.05, 3.63) is 35.1 Å². The molecule has 14 heavy (non-hydrogen) atoms. The van der Waals surface area contributed by atoms with Crippen molar-refractivity contribution in [3.63, 3.8) is 0 Å². The Balaban J connectivity index is 2.91. The second-order valence-corrected chi connectivity index (χ2v) is 3.12. The van der Waals surface area contributed by atoms with Crippen molar-refractivity contribution in [2.45, 2.75) is 6.42 Å². The number of nitrogens with zero attached hydrogens (tertiary/aromatic N) is 1. The summed E-state index contributed by atoms with van der Waals surface area (Å²) in [7, 11) is 0. The van der Waals surface area contributed by atoms with E-state index in [0.717, 1.165) is 0 Å². The molecular formula is C10H8FNOS. The molecule has 0 amide bonds. The zero-order valence-corrected chi connectivity index (χ0v) is 8.22. The minimum atomic E-state index is -0.561. The molecule has 0 aromatic heterocycles. The molecule has 0 aliphatic carbocycles. The Hall–Kier alpha value is -1.34. The minimum Gasteiger partial charge on any atom is -0.298 e. The Kier molecular flexibility index (Phi) is 3.66. The van der Waals surface area contributed by atoms with E-state index >= 15 is 0 Å². The van der Waals surface area contributed by atoms with Gasteiger partial charge >= 0.3 is 0 Å². The molecule has 0 N–H and O–H groups in total. The lowest BCUT2D eigenvalue weighted by molar-refractivity contribution is -0.115. The number of Topliss-reactive ketones (excluding diaryl/α,β-unsaturated/α-hetero) is 1. The zero-order valence-electron chi connectivity index (χ0n) is 7.33. The van der Waals surface area contributed by atoms with Gasteiger partial charge in [0.05, 0.1) is 5.56 Å². The van der Waals surface area contributed by atoms with Gasteiger partial charge in [0.1, 0.15) is 17.7 Å². The van der Waals surface area contributed by atoms with Crippen molar-refractivity contribution in [2.75, 3.05) is 5.75 Å². The quantitative estimate of drug-likeness (QED) is 0.770. The third kappa shape index (κ3) is 2.57. The number of rotatable bonds is 3. The van der Waals surface area contributed by atoms with Crippen LogP contribution >= 0.6 is 12.6 Å². The lowest BCUT2D eigenvalue weighted by atomic mass is 10.1. The summed E-state index contributed by atoms with van der Waals surface area (Å²) >= 11 is 3.83. The summed E-state index contributed by atoms with van der Waals surface area (Å²) in [5.74, 6) is -0.461. The highest BCUT2D eigenvalue weighted by Gasteiger charge is 2.05. The maximum absolute atomic E-state index is 12.9. The number of benzene rings is 1. The third-order valence-electron chi connectivity index (χ3n) is 1.73. The first-order valence-electron chi connectivity index (χ1n) is 3.98. The van der Waals surface area contributed by atoms with Gasteiger partial charge in [-0.2, -0.15) is 17.9 Å². The second-order valence-electron chi connectivity index (χ2n) is 2.80. The van der Waals surface area contributed by atoms with E-state index in [2.05, 4.69) is 12.6 Å². The summed E-state index contributed by atoms with van der Waals surface area (Å²) in [6.45, 7) is 0. The second kappa shape index (κ2) is 4.77. The summed E-state index contributed by atoms with van der Waals surface area (Å²) in [5, 5.41) is 8.54. The molecule has 4 heteroatoms. The van der Waals surface area contributed by atoms with Crippen LogP contribution in [0.25, 0.3) is 0 Å². The van der Waals surface area contributed by atoms with Crippen molar-refractivity contribution >= 4 is 18.4 Å². The molecule has 0 atom stereocenters. The van der Waals surface area contributed by atoms with Gasteiger partial charge in [0.2, 0.25) is 0 Å². The Morgan fingerprint density at radius 1 is 1.57 bits per heavy atom. The molecule has 72 valence electrons. The number of carbonyl (C=O) groups is 1. The summed E-state index contributed by atoms with van der Waals surface area (Å²) in [5.41, 5.74) is 0.608. The topological polar surface area (TPSA) is 40.9 Å². The van der Waals surface area contributed by atoms with Crippen molar-refractivity contribution in [1.29, 1.82) is 5.26 Å². The van der Waals surface area contributed by atoms with Crippen molar-refractivity contribution in [3.8, 4) is 6.07 Å². The standard InChI is InChI=1S/C10H8FNOS/c11-10-2-1-7(3-8(10)5-12)4-9(13)6-14/h1-3,14H,4,6H2. The molecule has 1 rings (SSSR count). The Labute approximate surface area is 86.8 Å². The number of hydrogen-bond donors (Lipinski definition) is 1. The Bertz CT molecular complexity index is 398. The average Bonchev–Trinajstić information content (AvgIpc) is 2.20. The van der Waals surface area contributed by atoms with E-state index in [4.69, 9.17) is 5.26 Å². The molecule has 1 aromatic carbocycles. The first kappa shape index (κ1) is 10.7. The minimum absolute atomic E-state index is 0.0329. The number of halogens is 1. The first-order chi connectivity index (χ1) is 6.67. The van der Waals surface area contributed by atoms with Gasteiger partial charge in [0.25, 0.3) is 0 Å². The highest BCUT2D eigenvalue weighted by Crippen LogP contribution is 2.10. The normalized spacial score (nSPS) is 9.50. The van der Waals surface area contributed by atoms with Crippen LogP contribution < -0.4 is 0 Å². The van der Waals surface area contributed by atoms with Gasteiger partial charge in [0.15, 0.2) is 0 Å². The van der Waals surface area contributed by atoms with E-state index in [-0.39, 0.29) is 23.5 Å². The molecule has 0 unspecified atom stereocenters. The fourth-order valence-electron chi connectivity index (χ4n) is 1.05. The summed E-state index contributed by atoms with van der Waals surface area (Å²) in [6, 6.07) is 5.80. The molecule has 0 fully saturated rings. The van der Waals surface area contributed by atoms with Crippen LogP contribution in [0.2, 0.25) is 0 Å². The van der Waals surface area contributed by atoms with Crippen LogP contribution in [-0.4, -0.2) is 11.5 Å². The van der Waals surface area contributed by atoms with Gasteiger partial charge in [-0.1, -0.05) is 6.07 Å². The largest absolute Gasteiger partial charge is 0.298 e. The fraction of sp³-hybridized carbons (Fsp3) is 0.200. The predicted octanol–water partition coefficient (Wildman–Crippen LogP) is 1.74. The van der Waals surface area contributed by atoms with Crippen LogP contribution in [0.3, 0.4) is 0 Å². The molecule has 0 heterocycles. The third-order valence-corrected chi connectivity index (χ3v) is 2.08. The molecule has 0 spiro atoms. The van der Waals surface area contributed by atoms with Gasteiger partial charge in [-0.3, -0.25) is 4.79 Å². The zero-order chi connectivity index (χ0) is 10.6. The summed E-state index contributed by atoms with van der Waals surface area (Å²) in [6.07, 6.45) is 0.193. The molecule has 1 aromatic rings. The van der Waals surface area contributed by atoms with E-state index in [9.17, 15) is 9.18 Å². The number of carbonyl (C=O) groups excluding carboxylic acids is 1. The van der Waals surface area contributed by atoms with Crippen LogP contribution in [0.15, 0.2) is 18.2 Å². The number of hydrogen-bond acceptors (Lipinski definition) is 3. The predicted molar refractivity (Wildman–Crippen MR) is 53.7 cm³/mol. The van der Waals surface area contributed by atoms with Crippen molar-refractivity contribution in [2.24, 2.45) is 0 Å². The van der Waals surface area contributed by atoms with E-state index in [0.29, 0.717) is 5.56 Å². The van der Waals surface area contributed by atoms with Crippen LogP contribution in [0.5, 0.6) is 0 Å². The van der Waals surface area contributed by atoms with Crippen LogP contribution in [-0.2, 0) is 11.2 Å². The lowest BCUT2D eigenvalue weighted by Gasteiger charge is -1.99. The van der Waals surface area contributed by atoms with Gasteiger partial charge in [-0.05, 0) is 17.7 Å². The smallest absolute Gasteiger partial charge is 0.146 e. The molecule has 2 nitrogen and oxygen atoms in total. The average molecular weight is 209 g/mol. The number of nitriles is 1. The molecular weight excluding hydrogens is 201 g/mol. The van der Waals surface area contributed by atoms with E-state index < -0.39 is 5.82 Å².